The largest absolute Gasteiger partial charge is 0.308 e. The van der Waals surface area contributed by atoms with Gasteiger partial charge in [-0.05, 0) is 38.5 Å². The molecule has 1 heterocycles. The first kappa shape index (κ1) is 13.0. The molecule has 0 atom stereocenters. The molecular formula is C14H24N2S. The van der Waals surface area contributed by atoms with Gasteiger partial charge >= 0.3 is 0 Å². The zero-order chi connectivity index (χ0) is 12.1. The Morgan fingerprint density at radius 2 is 2.12 bits per heavy atom. The smallest absolute Gasteiger partial charge is 0.107 e. The van der Waals surface area contributed by atoms with E-state index in [0.717, 1.165) is 18.5 Å². The average Bonchev–Trinajstić information content (AvgIpc) is 2.75. The Morgan fingerprint density at radius 3 is 2.71 bits per heavy atom. The van der Waals surface area contributed by atoms with Crippen molar-refractivity contribution < 1.29 is 0 Å². The molecule has 1 aliphatic rings. The minimum absolute atomic E-state index is 0.729. The summed E-state index contributed by atoms with van der Waals surface area (Å²) in [6.45, 7) is 5.38. The van der Waals surface area contributed by atoms with E-state index in [4.69, 9.17) is 0 Å². The van der Waals surface area contributed by atoms with Gasteiger partial charge in [-0.15, -0.1) is 11.3 Å². The monoisotopic (exact) mass is 252 g/mol. The summed E-state index contributed by atoms with van der Waals surface area (Å²) in [5.74, 6) is 1.00. The fourth-order valence-electron chi connectivity index (χ4n) is 2.78. The van der Waals surface area contributed by atoms with Crippen molar-refractivity contribution in [3.05, 3.63) is 16.1 Å². The van der Waals surface area contributed by atoms with Crippen molar-refractivity contribution in [1.29, 1.82) is 0 Å². The number of nitrogens with one attached hydrogen (secondary N) is 1. The Balaban J connectivity index is 1.68. The van der Waals surface area contributed by atoms with Crippen LogP contribution in [0.5, 0.6) is 0 Å². The molecule has 0 radical (unpaired) electrons. The third kappa shape index (κ3) is 4.07. The van der Waals surface area contributed by atoms with Gasteiger partial charge in [-0.3, -0.25) is 0 Å². The van der Waals surface area contributed by atoms with Crippen LogP contribution >= 0.6 is 11.3 Å². The first-order valence-electron chi connectivity index (χ1n) is 6.92. The molecule has 0 aromatic carbocycles. The van der Waals surface area contributed by atoms with Crippen molar-refractivity contribution in [1.82, 2.24) is 10.3 Å². The van der Waals surface area contributed by atoms with Gasteiger partial charge in [0.05, 0.1) is 0 Å². The van der Waals surface area contributed by atoms with Crippen molar-refractivity contribution in [2.45, 2.75) is 65.0 Å². The highest BCUT2D eigenvalue weighted by atomic mass is 32.1. The van der Waals surface area contributed by atoms with Gasteiger partial charge in [0, 0.05) is 23.7 Å². The first-order chi connectivity index (χ1) is 8.28. The quantitative estimate of drug-likeness (QED) is 0.859. The van der Waals surface area contributed by atoms with E-state index in [0.29, 0.717) is 0 Å². The highest BCUT2D eigenvalue weighted by Crippen LogP contribution is 2.27. The van der Waals surface area contributed by atoms with Gasteiger partial charge in [0.2, 0.25) is 0 Å². The lowest BCUT2D eigenvalue weighted by atomic mass is 9.83. The molecule has 1 saturated carbocycles. The zero-order valence-electron chi connectivity index (χ0n) is 11.0. The maximum Gasteiger partial charge on any atom is 0.107 e. The number of aryl methyl sites for hydroxylation is 1. The van der Waals surface area contributed by atoms with Crippen LogP contribution in [0, 0.1) is 12.8 Å². The second-order valence-electron chi connectivity index (χ2n) is 5.25. The number of hydrogen-bond acceptors (Lipinski definition) is 3. The van der Waals surface area contributed by atoms with Crippen LogP contribution in [-0.4, -0.2) is 11.0 Å². The number of rotatable bonds is 5. The van der Waals surface area contributed by atoms with Crippen molar-refractivity contribution in [3.63, 3.8) is 0 Å². The Bertz CT molecular complexity index is 327. The molecule has 17 heavy (non-hydrogen) atoms. The molecule has 1 aromatic heterocycles. The van der Waals surface area contributed by atoms with Crippen LogP contribution in [0.1, 0.15) is 55.3 Å². The summed E-state index contributed by atoms with van der Waals surface area (Å²) >= 11 is 1.81. The lowest BCUT2D eigenvalue weighted by molar-refractivity contribution is 0.277. The van der Waals surface area contributed by atoms with Crippen LogP contribution in [0.2, 0.25) is 0 Å². The van der Waals surface area contributed by atoms with E-state index < -0.39 is 0 Å². The SMILES string of the molecule is CCCC1CCC(NCc2ncc(C)s2)CC1. The molecule has 0 aliphatic heterocycles. The standard InChI is InChI=1S/C14H24N2S/c1-3-4-12-5-7-13(8-6-12)15-10-14-16-9-11(2)17-14/h9,12-13,15H,3-8,10H2,1-2H3. The molecule has 0 unspecified atom stereocenters. The fraction of sp³-hybridized carbons (Fsp3) is 0.786. The van der Waals surface area contributed by atoms with E-state index in [1.54, 1.807) is 0 Å². The van der Waals surface area contributed by atoms with Gasteiger partial charge in [-0.25, -0.2) is 4.98 Å². The predicted octanol–water partition coefficient (Wildman–Crippen LogP) is 3.90. The molecule has 3 heteroatoms. The number of thiazole rings is 1. The number of hydrogen-bond donors (Lipinski definition) is 1. The molecule has 0 bridgehead atoms. The molecule has 2 nitrogen and oxygen atoms in total. The van der Waals surface area contributed by atoms with Crippen LogP contribution in [0.15, 0.2) is 6.20 Å². The van der Waals surface area contributed by atoms with Gasteiger partial charge in [0.1, 0.15) is 5.01 Å². The van der Waals surface area contributed by atoms with Crippen LogP contribution < -0.4 is 5.32 Å². The molecule has 0 amide bonds. The lowest BCUT2D eigenvalue weighted by Gasteiger charge is -2.28. The number of nitrogens with zero attached hydrogens (tertiary/aromatic N) is 1. The molecule has 0 saturated heterocycles. The third-order valence-electron chi connectivity index (χ3n) is 3.75. The second-order valence-corrected chi connectivity index (χ2v) is 6.57. The van der Waals surface area contributed by atoms with Gasteiger partial charge in [0.15, 0.2) is 0 Å². The van der Waals surface area contributed by atoms with Gasteiger partial charge in [-0.1, -0.05) is 19.8 Å². The highest BCUT2D eigenvalue weighted by molar-refractivity contribution is 7.11. The predicted molar refractivity (Wildman–Crippen MR) is 74.3 cm³/mol. The summed E-state index contributed by atoms with van der Waals surface area (Å²) in [7, 11) is 0. The minimum Gasteiger partial charge on any atom is -0.308 e. The summed E-state index contributed by atoms with van der Waals surface area (Å²) in [5, 5.41) is 4.90. The van der Waals surface area contributed by atoms with Crippen LogP contribution in [0.25, 0.3) is 0 Å². The van der Waals surface area contributed by atoms with Gasteiger partial charge in [-0.2, -0.15) is 0 Å². The summed E-state index contributed by atoms with van der Waals surface area (Å²) in [6.07, 6.45) is 10.3. The Hall–Kier alpha value is -0.410. The molecule has 2 rings (SSSR count). The van der Waals surface area contributed by atoms with Crippen molar-refractivity contribution in [2.75, 3.05) is 0 Å². The second kappa shape index (κ2) is 6.50. The van der Waals surface area contributed by atoms with Gasteiger partial charge < -0.3 is 5.32 Å². The van der Waals surface area contributed by atoms with E-state index in [2.05, 4.69) is 24.1 Å². The van der Waals surface area contributed by atoms with E-state index in [1.807, 2.05) is 17.5 Å². The summed E-state index contributed by atoms with van der Waals surface area (Å²) < 4.78 is 0. The topological polar surface area (TPSA) is 24.9 Å². The molecule has 1 fully saturated rings. The van der Waals surface area contributed by atoms with Crippen molar-refractivity contribution in [2.24, 2.45) is 5.92 Å². The average molecular weight is 252 g/mol. The zero-order valence-corrected chi connectivity index (χ0v) is 11.9. The maximum atomic E-state index is 4.40. The first-order valence-corrected chi connectivity index (χ1v) is 7.74. The molecule has 1 aromatic rings. The fourth-order valence-corrected chi connectivity index (χ4v) is 3.52. The van der Waals surface area contributed by atoms with Crippen LogP contribution in [0.3, 0.4) is 0 Å². The Kier molecular flexibility index (Phi) is 4.99. The lowest BCUT2D eigenvalue weighted by Crippen LogP contribution is -2.32. The molecule has 1 N–H and O–H groups in total. The molecule has 1 aliphatic carbocycles. The van der Waals surface area contributed by atoms with E-state index >= 15 is 0 Å². The summed E-state index contributed by atoms with van der Waals surface area (Å²) in [6, 6.07) is 0.729. The summed E-state index contributed by atoms with van der Waals surface area (Å²) in [5.41, 5.74) is 0. The third-order valence-corrected chi connectivity index (χ3v) is 4.67. The van der Waals surface area contributed by atoms with Gasteiger partial charge in [0.25, 0.3) is 0 Å². The van der Waals surface area contributed by atoms with E-state index in [-0.39, 0.29) is 0 Å². The maximum absolute atomic E-state index is 4.40. The molecule has 96 valence electrons. The van der Waals surface area contributed by atoms with Crippen molar-refractivity contribution in [3.8, 4) is 0 Å². The van der Waals surface area contributed by atoms with Crippen molar-refractivity contribution >= 4 is 11.3 Å². The molecule has 0 spiro atoms. The highest BCUT2D eigenvalue weighted by Gasteiger charge is 2.20. The van der Waals surface area contributed by atoms with Crippen LogP contribution in [0.4, 0.5) is 0 Å². The van der Waals surface area contributed by atoms with Crippen LogP contribution in [-0.2, 0) is 6.54 Å². The summed E-state index contributed by atoms with van der Waals surface area (Å²) in [4.78, 5) is 5.71. The normalized spacial score (nSPS) is 25.1. The Labute approximate surface area is 109 Å². The molecular weight excluding hydrogens is 228 g/mol. The number of aromatic nitrogens is 1. The van der Waals surface area contributed by atoms with E-state index in [9.17, 15) is 0 Å². The Morgan fingerprint density at radius 1 is 1.35 bits per heavy atom. The minimum atomic E-state index is 0.729. The van der Waals surface area contributed by atoms with E-state index in [1.165, 1.54) is 48.4 Å².